The maximum atomic E-state index is 14.0. The Morgan fingerprint density at radius 2 is 2.03 bits per heavy atom. The predicted octanol–water partition coefficient (Wildman–Crippen LogP) is 3.74. The third-order valence-corrected chi connectivity index (χ3v) is 5.63. The zero-order valence-electron chi connectivity index (χ0n) is 15.6. The van der Waals surface area contributed by atoms with Crippen LogP contribution in [0.2, 0.25) is 0 Å². The number of rotatable bonds is 4. The van der Waals surface area contributed by atoms with E-state index in [0.717, 1.165) is 29.0 Å². The van der Waals surface area contributed by atoms with Gasteiger partial charge in [-0.3, -0.25) is 14.5 Å². The number of hydrogen-bond acceptors (Lipinski definition) is 6. The Hall–Kier alpha value is -3.07. The van der Waals surface area contributed by atoms with Gasteiger partial charge in [0.2, 0.25) is 0 Å². The number of carbonyl (C=O) groups excluding carboxylic acids is 2. The molecule has 0 spiro atoms. The third kappa shape index (κ3) is 3.53. The summed E-state index contributed by atoms with van der Waals surface area (Å²) in [6.07, 6.45) is -1.30. The summed E-state index contributed by atoms with van der Waals surface area (Å²) in [5, 5.41) is 0.364. The second-order valence-corrected chi connectivity index (χ2v) is 7.68. The topological polar surface area (TPSA) is 68.7 Å². The number of aromatic nitrogens is 1. The van der Waals surface area contributed by atoms with E-state index in [2.05, 4.69) is 9.72 Å². The van der Waals surface area contributed by atoms with Crippen molar-refractivity contribution in [2.75, 3.05) is 12.0 Å². The summed E-state index contributed by atoms with van der Waals surface area (Å²) >= 11 is 0.980. The van der Waals surface area contributed by atoms with Crippen molar-refractivity contribution in [3.63, 3.8) is 0 Å². The lowest BCUT2D eigenvalue weighted by atomic mass is 10.1. The number of carbonyl (C=O) groups is 2. The van der Waals surface area contributed by atoms with E-state index in [1.807, 2.05) is 13.0 Å². The molecule has 3 aromatic rings. The number of fused-ring (bicyclic) bond motifs is 2. The van der Waals surface area contributed by atoms with Crippen molar-refractivity contribution in [3.05, 3.63) is 52.5 Å². The fourth-order valence-corrected chi connectivity index (χ4v) is 4.12. The molecule has 0 fully saturated rings. The minimum atomic E-state index is -1.06. The van der Waals surface area contributed by atoms with E-state index in [4.69, 9.17) is 4.74 Å². The number of anilines is 1. The lowest BCUT2D eigenvalue weighted by Crippen LogP contribution is -2.46. The van der Waals surface area contributed by atoms with Crippen molar-refractivity contribution in [3.8, 4) is 5.75 Å². The van der Waals surface area contributed by atoms with Crippen LogP contribution in [0.15, 0.2) is 30.3 Å². The Bertz CT molecular complexity index is 1090. The molecule has 1 amide bonds. The summed E-state index contributed by atoms with van der Waals surface area (Å²) in [6, 6.07) is 7.38. The number of thiazole rings is 1. The summed E-state index contributed by atoms with van der Waals surface area (Å²) in [5.74, 6) is -1.80. The lowest BCUT2D eigenvalue weighted by Gasteiger charge is -2.33. The molecule has 4 rings (SSSR count). The van der Waals surface area contributed by atoms with Crippen LogP contribution in [0, 0.1) is 18.6 Å². The minimum absolute atomic E-state index is 0.00541. The molecular formula is C20H16F2N2O4S. The van der Waals surface area contributed by atoms with E-state index in [1.165, 1.54) is 12.0 Å². The summed E-state index contributed by atoms with van der Waals surface area (Å²) in [5.41, 5.74) is 1.34. The largest absolute Gasteiger partial charge is 0.478 e. The molecule has 0 saturated carbocycles. The number of nitrogens with zero attached hydrogens (tertiary/aromatic N) is 2. The summed E-state index contributed by atoms with van der Waals surface area (Å²) in [4.78, 5) is 30.3. The Morgan fingerprint density at radius 1 is 1.28 bits per heavy atom. The fourth-order valence-electron chi connectivity index (χ4n) is 3.15. The van der Waals surface area contributed by atoms with Crippen LogP contribution in [0.1, 0.15) is 17.0 Å². The average Bonchev–Trinajstić information content (AvgIpc) is 3.13. The number of methoxy groups -OCH3 is 1. The standard InChI is InChI=1S/C20H16F2N2O4S/c1-10-3-6-14-13(7-10)24(20(26)15(28-14)8-17(25)27-2)9-16-23-18-11(21)4-5-12(22)19(18)29-16/h3-7,15H,8-9H2,1-2H3. The van der Waals surface area contributed by atoms with Crippen LogP contribution in [0.25, 0.3) is 10.2 Å². The van der Waals surface area contributed by atoms with Crippen LogP contribution < -0.4 is 9.64 Å². The van der Waals surface area contributed by atoms with Crippen LogP contribution in [0.5, 0.6) is 5.75 Å². The Labute approximate surface area is 168 Å². The maximum absolute atomic E-state index is 14.0. The van der Waals surface area contributed by atoms with Gasteiger partial charge in [-0.25, -0.2) is 13.8 Å². The number of halogens is 2. The molecular weight excluding hydrogens is 402 g/mol. The molecule has 29 heavy (non-hydrogen) atoms. The molecule has 0 saturated heterocycles. The summed E-state index contributed by atoms with van der Waals surface area (Å²) < 4.78 is 38.5. The first-order chi connectivity index (χ1) is 13.9. The van der Waals surface area contributed by atoms with E-state index in [9.17, 15) is 18.4 Å². The van der Waals surface area contributed by atoms with Crippen molar-refractivity contribution in [2.24, 2.45) is 0 Å². The van der Waals surface area contributed by atoms with Crippen molar-refractivity contribution in [1.82, 2.24) is 4.98 Å². The number of hydrogen-bond donors (Lipinski definition) is 0. The smallest absolute Gasteiger partial charge is 0.309 e. The highest BCUT2D eigenvalue weighted by atomic mass is 32.1. The number of amides is 1. The van der Waals surface area contributed by atoms with Gasteiger partial charge < -0.3 is 9.47 Å². The Kier molecular flexibility index (Phi) is 4.91. The maximum Gasteiger partial charge on any atom is 0.309 e. The molecule has 0 N–H and O–H groups in total. The molecule has 1 aromatic heterocycles. The van der Waals surface area contributed by atoms with E-state index in [1.54, 1.807) is 12.1 Å². The van der Waals surface area contributed by atoms with Crippen LogP contribution in [0.4, 0.5) is 14.5 Å². The second kappa shape index (κ2) is 7.40. The van der Waals surface area contributed by atoms with Crippen molar-refractivity contribution < 1.29 is 27.8 Å². The summed E-state index contributed by atoms with van der Waals surface area (Å²) in [7, 11) is 1.23. The number of benzene rings is 2. The molecule has 1 unspecified atom stereocenters. The molecule has 1 aliphatic rings. The number of aryl methyl sites for hydroxylation is 1. The highest BCUT2D eigenvalue weighted by molar-refractivity contribution is 7.18. The molecule has 1 atom stereocenters. The van der Waals surface area contributed by atoms with E-state index < -0.39 is 29.6 Å². The number of ether oxygens (including phenoxy) is 2. The molecule has 2 heterocycles. The predicted molar refractivity (Wildman–Crippen MR) is 103 cm³/mol. The van der Waals surface area contributed by atoms with Crippen molar-refractivity contribution >= 4 is 39.1 Å². The third-order valence-electron chi connectivity index (χ3n) is 4.58. The lowest BCUT2D eigenvalue weighted by molar-refractivity contribution is -0.145. The first-order valence-corrected chi connectivity index (χ1v) is 9.58. The van der Waals surface area contributed by atoms with Gasteiger partial charge in [-0.1, -0.05) is 6.07 Å². The Morgan fingerprint density at radius 3 is 2.76 bits per heavy atom. The average molecular weight is 418 g/mol. The van der Waals surface area contributed by atoms with Gasteiger partial charge in [0.25, 0.3) is 5.91 Å². The number of esters is 1. The fraction of sp³-hybridized carbons (Fsp3) is 0.250. The molecule has 150 valence electrons. The van der Waals surface area contributed by atoms with Gasteiger partial charge >= 0.3 is 5.97 Å². The quantitative estimate of drug-likeness (QED) is 0.604. The van der Waals surface area contributed by atoms with E-state index in [0.29, 0.717) is 16.4 Å². The van der Waals surface area contributed by atoms with Crippen LogP contribution in [-0.2, 0) is 20.9 Å². The van der Waals surface area contributed by atoms with Crippen LogP contribution >= 0.6 is 11.3 Å². The zero-order valence-corrected chi connectivity index (χ0v) is 16.4. The molecule has 6 nitrogen and oxygen atoms in total. The van der Waals surface area contributed by atoms with Gasteiger partial charge in [0.15, 0.2) is 11.9 Å². The minimum Gasteiger partial charge on any atom is -0.478 e. The normalized spacial score (nSPS) is 15.9. The first-order valence-electron chi connectivity index (χ1n) is 8.76. The second-order valence-electron chi connectivity index (χ2n) is 6.60. The monoisotopic (exact) mass is 418 g/mol. The molecule has 1 aliphatic heterocycles. The van der Waals surface area contributed by atoms with Crippen LogP contribution in [-0.4, -0.2) is 30.1 Å². The van der Waals surface area contributed by atoms with Gasteiger partial charge in [0.05, 0.1) is 30.5 Å². The molecule has 0 aliphatic carbocycles. The molecule has 0 bridgehead atoms. The first kappa shape index (κ1) is 19.3. The molecule has 9 heteroatoms. The highest BCUT2D eigenvalue weighted by Crippen LogP contribution is 2.37. The van der Waals surface area contributed by atoms with Crippen molar-refractivity contribution in [2.45, 2.75) is 26.0 Å². The van der Waals surface area contributed by atoms with E-state index >= 15 is 0 Å². The summed E-state index contributed by atoms with van der Waals surface area (Å²) in [6.45, 7) is 1.86. The van der Waals surface area contributed by atoms with Crippen molar-refractivity contribution in [1.29, 1.82) is 0 Å². The SMILES string of the molecule is COC(=O)CC1Oc2ccc(C)cc2N(Cc2nc3c(F)ccc(F)c3s2)C1=O. The van der Waals surface area contributed by atoms with Gasteiger partial charge in [-0.05, 0) is 36.8 Å². The van der Waals surface area contributed by atoms with Gasteiger partial charge in [-0.15, -0.1) is 11.3 Å². The molecule has 0 radical (unpaired) electrons. The van der Waals surface area contributed by atoms with Crippen LogP contribution in [0.3, 0.4) is 0 Å². The highest BCUT2D eigenvalue weighted by Gasteiger charge is 2.36. The van der Waals surface area contributed by atoms with Gasteiger partial charge in [0, 0.05) is 0 Å². The van der Waals surface area contributed by atoms with E-state index in [-0.39, 0.29) is 23.2 Å². The van der Waals surface area contributed by atoms with Gasteiger partial charge in [0.1, 0.15) is 22.1 Å². The zero-order chi connectivity index (χ0) is 20.7. The molecule has 2 aromatic carbocycles. The Balaban J connectivity index is 1.73. The van der Waals surface area contributed by atoms with Gasteiger partial charge in [-0.2, -0.15) is 0 Å².